The minimum absolute atomic E-state index is 0.0821. The van der Waals surface area contributed by atoms with Crippen LogP contribution in [0.15, 0.2) is 66.7 Å². The fourth-order valence-electron chi connectivity index (χ4n) is 3.92. The molecular weight excluding hydrogens is 355 g/mol. The van der Waals surface area contributed by atoms with E-state index >= 15 is 0 Å². The number of unbranched alkanes of at least 4 members (excludes halogenated alkanes) is 4. The van der Waals surface area contributed by atoms with Gasteiger partial charge >= 0.3 is 0 Å². The Balaban J connectivity index is 1.76. The fraction of sp³-hybridized carbons (Fsp3) is 0.357. The molecule has 3 aromatic rings. The molecule has 0 heterocycles. The van der Waals surface area contributed by atoms with E-state index in [1.54, 1.807) is 6.07 Å². The first-order chi connectivity index (χ1) is 14.2. The van der Waals surface area contributed by atoms with Gasteiger partial charge in [0, 0.05) is 0 Å². The number of halogens is 1. The van der Waals surface area contributed by atoms with Crippen molar-refractivity contribution in [2.45, 2.75) is 65.2 Å². The molecule has 0 amide bonds. The van der Waals surface area contributed by atoms with Crippen molar-refractivity contribution < 1.29 is 4.39 Å². The molecule has 0 aliphatic rings. The van der Waals surface area contributed by atoms with E-state index in [9.17, 15) is 4.39 Å². The highest BCUT2D eigenvalue weighted by Crippen LogP contribution is 2.30. The molecule has 0 spiro atoms. The van der Waals surface area contributed by atoms with Crippen LogP contribution >= 0.6 is 0 Å². The lowest BCUT2D eigenvalue weighted by Crippen LogP contribution is -1.95. The van der Waals surface area contributed by atoms with Crippen LogP contribution in [0.25, 0.3) is 22.3 Å². The Labute approximate surface area is 175 Å². The molecule has 0 aliphatic heterocycles. The minimum atomic E-state index is -0.0821. The highest BCUT2D eigenvalue weighted by atomic mass is 19.1. The van der Waals surface area contributed by atoms with Crippen molar-refractivity contribution >= 4 is 0 Å². The van der Waals surface area contributed by atoms with Crippen molar-refractivity contribution in [3.05, 3.63) is 83.7 Å². The van der Waals surface area contributed by atoms with Crippen LogP contribution < -0.4 is 0 Å². The molecule has 0 aromatic heterocycles. The third-order valence-electron chi connectivity index (χ3n) is 5.70. The summed E-state index contributed by atoms with van der Waals surface area (Å²) in [5, 5.41) is 0. The summed E-state index contributed by atoms with van der Waals surface area (Å²) in [4.78, 5) is 0. The molecule has 0 nitrogen and oxygen atoms in total. The molecule has 0 N–H and O–H groups in total. The minimum Gasteiger partial charge on any atom is -0.207 e. The summed E-state index contributed by atoms with van der Waals surface area (Å²) in [6, 6.07) is 22.9. The van der Waals surface area contributed by atoms with E-state index in [0.717, 1.165) is 48.8 Å². The van der Waals surface area contributed by atoms with Gasteiger partial charge in [-0.15, -0.1) is 0 Å². The number of benzene rings is 3. The smallest absolute Gasteiger partial charge is 0.127 e. The van der Waals surface area contributed by atoms with Gasteiger partial charge in [-0.1, -0.05) is 100 Å². The topological polar surface area (TPSA) is 0 Å². The lowest BCUT2D eigenvalue weighted by atomic mass is 9.93. The van der Waals surface area contributed by atoms with E-state index in [-0.39, 0.29) is 5.82 Å². The third kappa shape index (κ3) is 5.79. The van der Waals surface area contributed by atoms with Crippen molar-refractivity contribution in [1.29, 1.82) is 0 Å². The Hall–Kier alpha value is -2.41. The van der Waals surface area contributed by atoms with Crippen LogP contribution in [0.5, 0.6) is 0 Å². The van der Waals surface area contributed by atoms with Crippen LogP contribution in [0.4, 0.5) is 4.39 Å². The summed E-state index contributed by atoms with van der Waals surface area (Å²) in [6.45, 7) is 4.42. The summed E-state index contributed by atoms with van der Waals surface area (Å²) < 4.78 is 14.5. The molecule has 29 heavy (non-hydrogen) atoms. The molecule has 0 unspecified atom stereocenters. The average molecular weight is 389 g/mol. The van der Waals surface area contributed by atoms with Gasteiger partial charge < -0.3 is 0 Å². The molecule has 152 valence electrons. The Morgan fingerprint density at radius 3 is 1.76 bits per heavy atom. The van der Waals surface area contributed by atoms with Gasteiger partial charge in [0.1, 0.15) is 5.82 Å². The molecular formula is C28H33F. The summed E-state index contributed by atoms with van der Waals surface area (Å²) in [7, 11) is 0. The zero-order chi connectivity index (χ0) is 20.5. The maximum atomic E-state index is 14.5. The molecule has 3 aromatic carbocycles. The van der Waals surface area contributed by atoms with Crippen LogP contribution in [-0.2, 0) is 12.8 Å². The van der Waals surface area contributed by atoms with E-state index in [0.29, 0.717) is 0 Å². The van der Waals surface area contributed by atoms with Crippen molar-refractivity contribution in [2.24, 2.45) is 0 Å². The maximum absolute atomic E-state index is 14.5. The summed E-state index contributed by atoms with van der Waals surface area (Å²) in [5.74, 6) is -0.0821. The van der Waals surface area contributed by atoms with Crippen molar-refractivity contribution in [3.63, 3.8) is 0 Å². The zero-order valence-corrected chi connectivity index (χ0v) is 17.9. The van der Waals surface area contributed by atoms with E-state index in [4.69, 9.17) is 0 Å². The first kappa shape index (κ1) is 21.3. The predicted octanol–water partition coefficient (Wildman–Crippen LogP) is 8.63. The standard InChI is InChI=1S/C28H33F/c1-3-5-7-10-22-14-16-23(17-15-22)24-18-20-25(21-19-24)26-12-9-13-28(29)27(26)11-8-6-4-2/h9,12-21H,3-8,10-11H2,1-2H3. The predicted molar refractivity (Wildman–Crippen MR) is 124 cm³/mol. The lowest BCUT2D eigenvalue weighted by molar-refractivity contribution is 0.600. The van der Waals surface area contributed by atoms with Gasteiger partial charge in [0.25, 0.3) is 0 Å². The molecule has 3 rings (SSSR count). The van der Waals surface area contributed by atoms with E-state index in [1.807, 2.05) is 12.1 Å². The van der Waals surface area contributed by atoms with Gasteiger partial charge in [-0.25, -0.2) is 4.39 Å². The zero-order valence-electron chi connectivity index (χ0n) is 17.9. The molecule has 0 radical (unpaired) electrons. The van der Waals surface area contributed by atoms with Gasteiger partial charge in [-0.2, -0.15) is 0 Å². The number of hydrogen-bond donors (Lipinski definition) is 0. The molecule has 0 atom stereocenters. The molecule has 1 heteroatoms. The Bertz CT molecular complexity index is 875. The molecule has 0 bridgehead atoms. The Kier molecular flexibility index (Phi) is 8.04. The summed E-state index contributed by atoms with van der Waals surface area (Å²) in [5.41, 5.74) is 6.83. The quantitative estimate of drug-likeness (QED) is 0.305. The van der Waals surface area contributed by atoms with Crippen LogP contribution in [0.2, 0.25) is 0 Å². The SMILES string of the molecule is CCCCCc1ccc(-c2ccc(-c3cccc(F)c3CCCCC)cc2)cc1. The monoisotopic (exact) mass is 388 g/mol. The highest BCUT2D eigenvalue weighted by molar-refractivity contribution is 5.72. The van der Waals surface area contributed by atoms with Gasteiger partial charge in [0.15, 0.2) is 0 Å². The highest BCUT2D eigenvalue weighted by Gasteiger charge is 2.10. The average Bonchev–Trinajstić information content (AvgIpc) is 2.76. The number of hydrogen-bond acceptors (Lipinski definition) is 0. The molecule has 0 aliphatic carbocycles. The molecule has 0 saturated carbocycles. The van der Waals surface area contributed by atoms with Gasteiger partial charge in [0.2, 0.25) is 0 Å². The van der Waals surface area contributed by atoms with E-state index < -0.39 is 0 Å². The molecule has 0 saturated heterocycles. The number of aryl methyl sites for hydroxylation is 1. The normalized spacial score (nSPS) is 11.0. The largest absolute Gasteiger partial charge is 0.207 e. The third-order valence-corrected chi connectivity index (χ3v) is 5.70. The van der Waals surface area contributed by atoms with Crippen molar-refractivity contribution in [3.8, 4) is 22.3 Å². The first-order valence-electron chi connectivity index (χ1n) is 11.2. The second kappa shape index (κ2) is 11.0. The summed E-state index contributed by atoms with van der Waals surface area (Å²) >= 11 is 0. The van der Waals surface area contributed by atoms with Crippen LogP contribution in [0, 0.1) is 5.82 Å². The Morgan fingerprint density at radius 2 is 1.14 bits per heavy atom. The van der Waals surface area contributed by atoms with Gasteiger partial charge in [0.05, 0.1) is 0 Å². The van der Waals surface area contributed by atoms with Crippen LogP contribution in [0.1, 0.15) is 63.5 Å². The van der Waals surface area contributed by atoms with Crippen molar-refractivity contribution in [2.75, 3.05) is 0 Å². The second-order valence-corrected chi connectivity index (χ2v) is 7.95. The van der Waals surface area contributed by atoms with Crippen LogP contribution in [-0.4, -0.2) is 0 Å². The number of rotatable bonds is 10. The lowest BCUT2D eigenvalue weighted by Gasteiger charge is -2.12. The van der Waals surface area contributed by atoms with Crippen LogP contribution in [0.3, 0.4) is 0 Å². The van der Waals surface area contributed by atoms with Crippen molar-refractivity contribution in [1.82, 2.24) is 0 Å². The maximum Gasteiger partial charge on any atom is 0.127 e. The van der Waals surface area contributed by atoms with Gasteiger partial charge in [-0.3, -0.25) is 0 Å². The Morgan fingerprint density at radius 1 is 0.586 bits per heavy atom. The van der Waals surface area contributed by atoms with E-state index in [1.165, 1.54) is 36.0 Å². The van der Waals surface area contributed by atoms with Gasteiger partial charge in [-0.05, 0) is 65.1 Å². The van der Waals surface area contributed by atoms with E-state index in [2.05, 4.69) is 62.4 Å². The summed E-state index contributed by atoms with van der Waals surface area (Å²) in [6.07, 6.45) is 9.10. The second-order valence-electron chi connectivity index (χ2n) is 7.95. The fourth-order valence-corrected chi connectivity index (χ4v) is 3.92. The first-order valence-corrected chi connectivity index (χ1v) is 11.2. The molecule has 0 fully saturated rings.